The first-order chi connectivity index (χ1) is 14.4. The fourth-order valence-corrected chi connectivity index (χ4v) is 4.13. The number of rotatable bonds is 6. The van der Waals surface area contributed by atoms with Gasteiger partial charge < -0.3 is 21.1 Å². The summed E-state index contributed by atoms with van der Waals surface area (Å²) in [6.07, 6.45) is 5.20. The van der Waals surface area contributed by atoms with Crippen molar-refractivity contribution in [1.82, 2.24) is 9.97 Å². The SMILES string of the molecule is C[C@]1(O)CC[C@H](Nc2nc(NCCC3C(=O)Nc4ccccc43)ncc2C#N)CC1. The van der Waals surface area contributed by atoms with E-state index in [0.29, 0.717) is 43.1 Å². The molecule has 2 heterocycles. The number of fused-ring (bicyclic) bond motifs is 1. The molecule has 1 aliphatic carbocycles. The third-order valence-electron chi connectivity index (χ3n) is 5.94. The van der Waals surface area contributed by atoms with E-state index in [0.717, 1.165) is 24.1 Å². The Morgan fingerprint density at radius 3 is 2.87 bits per heavy atom. The Balaban J connectivity index is 1.38. The molecule has 1 atom stereocenters. The van der Waals surface area contributed by atoms with Crippen molar-refractivity contribution in [2.75, 3.05) is 22.5 Å². The van der Waals surface area contributed by atoms with Crippen LogP contribution in [0.25, 0.3) is 0 Å². The molecule has 0 radical (unpaired) electrons. The minimum Gasteiger partial charge on any atom is -0.390 e. The number of benzene rings is 1. The highest BCUT2D eigenvalue weighted by atomic mass is 16.3. The molecule has 8 heteroatoms. The van der Waals surface area contributed by atoms with Crippen LogP contribution in [0.1, 0.15) is 56.1 Å². The Kier molecular flexibility index (Phi) is 5.55. The van der Waals surface area contributed by atoms with Crippen LogP contribution in [0, 0.1) is 11.3 Å². The number of hydrogen-bond donors (Lipinski definition) is 4. The largest absolute Gasteiger partial charge is 0.390 e. The van der Waals surface area contributed by atoms with Crippen molar-refractivity contribution in [3.63, 3.8) is 0 Å². The van der Waals surface area contributed by atoms with E-state index < -0.39 is 5.60 Å². The lowest BCUT2D eigenvalue weighted by Gasteiger charge is -2.33. The van der Waals surface area contributed by atoms with Crippen LogP contribution >= 0.6 is 0 Å². The highest BCUT2D eigenvalue weighted by Crippen LogP contribution is 2.34. The molecule has 1 fully saturated rings. The molecule has 30 heavy (non-hydrogen) atoms. The second-order valence-electron chi connectivity index (χ2n) is 8.33. The van der Waals surface area contributed by atoms with Gasteiger partial charge in [0.1, 0.15) is 17.5 Å². The maximum absolute atomic E-state index is 12.2. The average molecular weight is 406 g/mol. The molecule has 0 saturated heterocycles. The molecule has 4 rings (SSSR count). The summed E-state index contributed by atoms with van der Waals surface area (Å²) in [5, 5.41) is 28.9. The van der Waals surface area contributed by atoms with Crippen LogP contribution in [-0.2, 0) is 4.79 Å². The number of amides is 1. The molecule has 1 aromatic heterocycles. The van der Waals surface area contributed by atoms with Crippen molar-refractivity contribution in [2.45, 2.75) is 56.6 Å². The maximum Gasteiger partial charge on any atom is 0.232 e. The van der Waals surface area contributed by atoms with Gasteiger partial charge in [-0.15, -0.1) is 0 Å². The van der Waals surface area contributed by atoms with Crippen LogP contribution in [0.3, 0.4) is 0 Å². The number of anilines is 3. The quantitative estimate of drug-likeness (QED) is 0.581. The smallest absolute Gasteiger partial charge is 0.232 e. The predicted molar refractivity (Wildman–Crippen MR) is 114 cm³/mol. The molecule has 2 aromatic rings. The highest BCUT2D eigenvalue weighted by molar-refractivity contribution is 6.02. The van der Waals surface area contributed by atoms with Crippen LogP contribution in [-0.4, -0.2) is 39.2 Å². The van der Waals surface area contributed by atoms with Crippen molar-refractivity contribution in [3.05, 3.63) is 41.6 Å². The van der Waals surface area contributed by atoms with Crippen LogP contribution < -0.4 is 16.0 Å². The molecule has 156 valence electrons. The highest BCUT2D eigenvalue weighted by Gasteiger charge is 2.30. The Morgan fingerprint density at radius 2 is 2.10 bits per heavy atom. The Bertz CT molecular complexity index is 974. The number of nitrogens with one attached hydrogen (secondary N) is 3. The summed E-state index contributed by atoms with van der Waals surface area (Å²) in [6, 6.07) is 10.0. The molecule has 1 amide bonds. The summed E-state index contributed by atoms with van der Waals surface area (Å²) in [5.41, 5.74) is 1.67. The zero-order valence-corrected chi connectivity index (χ0v) is 17.0. The lowest BCUT2D eigenvalue weighted by atomic mass is 9.83. The number of nitriles is 1. The average Bonchev–Trinajstić information content (AvgIpc) is 3.05. The molecule has 2 aliphatic rings. The predicted octanol–water partition coefficient (Wildman–Crippen LogP) is 2.99. The van der Waals surface area contributed by atoms with Gasteiger partial charge in [-0.1, -0.05) is 18.2 Å². The van der Waals surface area contributed by atoms with Crippen LogP contribution in [0.2, 0.25) is 0 Å². The van der Waals surface area contributed by atoms with Crippen molar-refractivity contribution in [3.8, 4) is 6.07 Å². The van der Waals surface area contributed by atoms with Gasteiger partial charge in [-0.25, -0.2) is 4.98 Å². The first-order valence-corrected chi connectivity index (χ1v) is 10.3. The standard InChI is InChI=1S/C22H26N6O2/c1-22(30)9-6-15(7-10-22)26-19-14(12-23)13-25-21(28-19)24-11-8-17-16-4-2-3-5-18(16)27-20(17)29/h2-5,13,15,17,30H,6-11H2,1H3,(H,27,29)(H2,24,25,26,28)/t15-,17?,22-. The van der Waals surface area contributed by atoms with E-state index in [2.05, 4.69) is 32.0 Å². The first kappa shape index (κ1) is 20.1. The van der Waals surface area contributed by atoms with Gasteiger partial charge in [-0.05, 0) is 50.7 Å². The zero-order chi connectivity index (χ0) is 21.1. The van der Waals surface area contributed by atoms with Crippen LogP contribution in [0.4, 0.5) is 17.5 Å². The summed E-state index contributed by atoms with van der Waals surface area (Å²) < 4.78 is 0. The van der Waals surface area contributed by atoms with E-state index in [1.165, 1.54) is 6.20 Å². The van der Waals surface area contributed by atoms with Gasteiger partial charge in [0.15, 0.2) is 0 Å². The monoisotopic (exact) mass is 406 g/mol. The Morgan fingerprint density at radius 1 is 1.33 bits per heavy atom. The molecule has 0 bridgehead atoms. The Hall–Kier alpha value is -3.18. The summed E-state index contributed by atoms with van der Waals surface area (Å²) >= 11 is 0. The fourth-order valence-electron chi connectivity index (χ4n) is 4.13. The van der Waals surface area contributed by atoms with E-state index in [1.807, 2.05) is 31.2 Å². The van der Waals surface area contributed by atoms with Crippen molar-refractivity contribution >= 4 is 23.4 Å². The molecule has 1 aliphatic heterocycles. The van der Waals surface area contributed by atoms with Gasteiger partial charge in [-0.2, -0.15) is 10.2 Å². The van der Waals surface area contributed by atoms with Crippen molar-refractivity contribution in [2.24, 2.45) is 0 Å². The van der Waals surface area contributed by atoms with Crippen LogP contribution in [0.15, 0.2) is 30.5 Å². The lowest BCUT2D eigenvalue weighted by Crippen LogP contribution is -2.36. The number of hydrogen-bond acceptors (Lipinski definition) is 7. The van der Waals surface area contributed by atoms with Crippen molar-refractivity contribution < 1.29 is 9.90 Å². The topological polar surface area (TPSA) is 123 Å². The van der Waals surface area contributed by atoms with Gasteiger partial charge in [-0.3, -0.25) is 4.79 Å². The number of para-hydroxylation sites is 1. The zero-order valence-electron chi connectivity index (χ0n) is 17.0. The van der Waals surface area contributed by atoms with Gasteiger partial charge in [0.25, 0.3) is 0 Å². The minimum absolute atomic E-state index is 0.00860. The van der Waals surface area contributed by atoms with E-state index >= 15 is 0 Å². The summed E-state index contributed by atoms with van der Waals surface area (Å²) in [6.45, 7) is 2.39. The van der Waals surface area contributed by atoms with E-state index in [4.69, 9.17) is 0 Å². The second-order valence-corrected chi connectivity index (χ2v) is 8.33. The summed E-state index contributed by atoms with van der Waals surface area (Å²) in [5.74, 6) is 0.741. The Labute approximate surface area is 175 Å². The van der Waals surface area contributed by atoms with Gasteiger partial charge in [0.05, 0.1) is 17.7 Å². The number of aromatic nitrogens is 2. The normalized spacial score (nSPS) is 25.2. The summed E-state index contributed by atoms with van der Waals surface area (Å²) in [7, 11) is 0. The number of aliphatic hydroxyl groups is 1. The molecule has 1 aromatic carbocycles. The summed E-state index contributed by atoms with van der Waals surface area (Å²) in [4.78, 5) is 21.0. The molecule has 1 saturated carbocycles. The lowest BCUT2D eigenvalue weighted by molar-refractivity contribution is -0.117. The minimum atomic E-state index is -0.611. The number of carbonyl (C=O) groups excluding carboxylic acids is 1. The molecular formula is C22H26N6O2. The van der Waals surface area contributed by atoms with Gasteiger partial charge >= 0.3 is 0 Å². The third-order valence-corrected chi connectivity index (χ3v) is 5.94. The van der Waals surface area contributed by atoms with Crippen molar-refractivity contribution in [1.29, 1.82) is 5.26 Å². The van der Waals surface area contributed by atoms with Gasteiger partial charge in [0, 0.05) is 18.3 Å². The number of carbonyl (C=O) groups is 1. The fraction of sp³-hybridized carbons (Fsp3) is 0.455. The molecule has 8 nitrogen and oxygen atoms in total. The first-order valence-electron chi connectivity index (χ1n) is 10.3. The molecular weight excluding hydrogens is 380 g/mol. The van der Waals surface area contributed by atoms with Gasteiger partial charge in [0.2, 0.25) is 11.9 Å². The molecule has 0 spiro atoms. The third kappa shape index (κ3) is 4.36. The maximum atomic E-state index is 12.2. The molecule has 1 unspecified atom stereocenters. The molecule has 4 N–H and O–H groups in total. The van der Waals surface area contributed by atoms with E-state index in [-0.39, 0.29) is 17.9 Å². The van der Waals surface area contributed by atoms with E-state index in [1.54, 1.807) is 0 Å². The second kappa shape index (κ2) is 8.28. The van der Waals surface area contributed by atoms with Crippen LogP contribution in [0.5, 0.6) is 0 Å². The number of nitrogens with zero attached hydrogens (tertiary/aromatic N) is 3. The van der Waals surface area contributed by atoms with E-state index in [9.17, 15) is 15.2 Å².